The van der Waals surface area contributed by atoms with Gasteiger partial charge in [0, 0.05) is 11.1 Å². The van der Waals surface area contributed by atoms with Crippen molar-refractivity contribution in [3.8, 4) is 0 Å². The lowest BCUT2D eigenvalue weighted by atomic mass is 9.87. The van der Waals surface area contributed by atoms with Crippen LogP contribution in [0.15, 0.2) is 29.3 Å². The Bertz CT molecular complexity index is 711. The molecule has 114 valence electrons. The number of carboxylic acids is 2. The van der Waals surface area contributed by atoms with Gasteiger partial charge in [0.2, 0.25) is 5.78 Å². The zero-order valence-corrected chi connectivity index (χ0v) is 11.8. The standard InChI is InChI=1S/C14H10ClNO6/c15-10-11(16-8(14(21)22)5-9(17)18)13(20)7-4-2-1-3-6(7)12(10)19/h1-4,8,10H,5H2,(H,17,18)(H,21,22)/t8-,10?/m0/s1. The van der Waals surface area contributed by atoms with Gasteiger partial charge in [-0.25, -0.2) is 4.79 Å². The predicted molar refractivity (Wildman–Crippen MR) is 75.9 cm³/mol. The number of aliphatic carboxylic acids is 2. The zero-order chi connectivity index (χ0) is 16.4. The number of ketones is 2. The largest absolute Gasteiger partial charge is 0.481 e. The van der Waals surface area contributed by atoms with Crippen molar-refractivity contribution < 1.29 is 29.4 Å². The van der Waals surface area contributed by atoms with Crippen molar-refractivity contribution in [2.75, 3.05) is 0 Å². The van der Waals surface area contributed by atoms with E-state index in [1.54, 1.807) is 12.1 Å². The molecule has 1 unspecified atom stereocenters. The molecule has 1 aromatic rings. The van der Waals surface area contributed by atoms with Crippen LogP contribution in [0, 0.1) is 0 Å². The fraction of sp³-hybridized carbons (Fsp3) is 0.214. The number of benzene rings is 1. The molecule has 0 aliphatic heterocycles. The van der Waals surface area contributed by atoms with Crippen LogP contribution in [0.1, 0.15) is 27.1 Å². The summed E-state index contributed by atoms with van der Waals surface area (Å²) in [5, 5.41) is 16.2. The van der Waals surface area contributed by atoms with Crippen molar-refractivity contribution in [1.82, 2.24) is 0 Å². The Balaban J connectivity index is 2.49. The summed E-state index contributed by atoms with van der Waals surface area (Å²) in [6, 6.07) is 4.27. The summed E-state index contributed by atoms with van der Waals surface area (Å²) in [6.45, 7) is 0. The van der Waals surface area contributed by atoms with Gasteiger partial charge in [-0.15, -0.1) is 11.6 Å². The second kappa shape index (κ2) is 6.07. The van der Waals surface area contributed by atoms with Crippen molar-refractivity contribution in [2.45, 2.75) is 17.8 Å². The summed E-state index contributed by atoms with van der Waals surface area (Å²) in [5.74, 6) is -4.15. The third-order valence-electron chi connectivity index (χ3n) is 3.09. The van der Waals surface area contributed by atoms with Crippen molar-refractivity contribution in [1.29, 1.82) is 0 Å². The Morgan fingerprint density at radius 2 is 1.77 bits per heavy atom. The molecule has 1 aromatic carbocycles. The number of alkyl halides is 1. The summed E-state index contributed by atoms with van der Waals surface area (Å²) in [4.78, 5) is 49.8. The lowest BCUT2D eigenvalue weighted by Gasteiger charge is -2.20. The number of rotatable bonds is 4. The van der Waals surface area contributed by atoms with Crippen LogP contribution < -0.4 is 0 Å². The minimum absolute atomic E-state index is 0.0719. The quantitative estimate of drug-likeness (QED) is 0.798. The highest BCUT2D eigenvalue weighted by atomic mass is 35.5. The van der Waals surface area contributed by atoms with E-state index in [4.69, 9.17) is 21.8 Å². The average Bonchev–Trinajstić information content (AvgIpc) is 2.47. The number of hydrogen-bond acceptors (Lipinski definition) is 5. The molecule has 1 aliphatic carbocycles. The molecule has 0 bridgehead atoms. The van der Waals surface area contributed by atoms with Gasteiger partial charge in [0.15, 0.2) is 11.8 Å². The molecule has 0 aromatic heterocycles. The SMILES string of the molecule is O=C(O)C[C@H](N=C1C(=O)c2ccccc2C(=O)C1Cl)C(=O)O. The molecule has 0 heterocycles. The van der Waals surface area contributed by atoms with Crippen LogP contribution in [0.3, 0.4) is 0 Å². The maximum Gasteiger partial charge on any atom is 0.329 e. The molecule has 0 amide bonds. The number of aliphatic imine (C=N–C) groups is 1. The van der Waals surface area contributed by atoms with Crippen LogP contribution in [0.25, 0.3) is 0 Å². The van der Waals surface area contributed by atoms with Gasteiger partial charge in [0.25, 0.3) is 0 Å². The van der Waals surface area contributed by atoms with Gasteiger partial charge >= 0.3 is 11.9 Å². The molecule has 7 nitrogen and oxygen atoms in total. The highest BCUT2D eigenvalue weighted by Gasteiger charge is 2.38. The van der Waals surface area contributed by atoms with Crippen LogP contribution in [0.5, 0.6) is 0 Å². The smallest absolute Gasteiger partial charge is 0.329 e. The van der Waals surface area contributed by atoms with Crippen molar-refractivity contribution in [3.63, 3.8) is 0 Å². The normalized spacial score (nSPS) is 20.6. The number of Topliss-reactive ketones (excluding diaryl/α,β-unsaturated/α-hetero) is 2. The van der Waals surface area contributed by atoms with Gasteiger partial charge < -0.3 is 10.2 Å². The summed E-state index contributed by atoms with van der Waals surface area (Å²) >= 11 is 5.90. The Hall–Kier alpha value is -2.54. The molecular formula is C14H10ClNO6. The highest BCUT2D eigenvalue weighted by molar-refractivity contribution is 6.64. The predicted octanol–water partition coefficient (Wildman–Crippen LogP) is 1.04. The molecule has 2 rings (SSSR count). The van der Waals surface area contributed by atoms with E-state index in [-0.39, 0.29) is 11.1 Å². The van der Waals surface area contributed by atoms with Crippen LogP contribution in [0.4, 0.5) is 0 Å². The van der Waals surface area contributed by atoms with Gasteiger partial charge in [-0.2, -0.15) is 0 Å². The fourth-order valence-corrected chi connectivity index (χ4v) is 2.33. The molecule has 1 aliphatic rings. The monoisotopic (exact) mass is 323 g/mol. The van der Waals surface area contributed by atoms with Crippen LogP contribution in [-0.4, -0.2) is 50.8 Å². The Morgan fingerprint density at radius 3 is 2.32 bits per heavy atom. The second-order valence-electron chi connectivity index (χ2n) is 4.57. The van der Waals surface area contributed by atoms with E-state index in [1.165, 1.54) is 12.1 Å². The molecule has 0 fully saturated rings. The summed E-state index contributed by atoms with van der Waals surface area (Å²) in [5.41, 5.74) is -0.238. The Labute approximate surface area is 129 Å². The first kappa shape index (κ1) is 15.8. The number of carboxylic acid groups (broad SMARTS) is 2. The minimum atomic E-state index is -1.68. The van der Waals surface area contributed by atoms with E-state index < -0.39 is 47.1 Å². The molecule has 0 spiro atoms. The van der Waals surface area contributed by atoms with Crippen molar-refractivity contribution in [3.05, 3.63) is 35.4 Å². The number of nitrogens with zero attached hydrogens (tertiary/aromatic N) is 1. The van der Waals surface area contributed by atoms with E-state index in [2.05, 4.69) is 4.99 Å². The van der Waals surface area contributed by atoms with E-state index in [0.29, 0.717) is 0 Å². The third-order valence-corrected chi connectivity index (χ3v) is 3.49. The lowest BCUT2D eigenvalue weighted by Crippen LogP contribution is -2.39. The average molecular weight is 324 g/mol. The molecule has 0 saturated carbocycles. The third kappa shape index (κ3) is 2.89. The molecule has 0 radical (unpaired) electrons. The van der Waals surface area contributed by atoms with Gasteiger partial charge in [-0.1, -0.05) is 24.3 Å². The van der Waals surface area contributed by atoms with E-state index in [0.717, 1.165) is 0 Å². The van der Waals surface area contributed by atoms with Gasteiger partial charge in [-0.05, 0) is 0 Å². The summed E-state index contributed by atoms with van der Waals surface area (Å²) < 4.78 is 0. The van der Waals surface area contributed by atoms with Gasteiger partial charge in [0.1, 0.15) is 11.1 Å². The summed E-state index contributed by atoms with van der Waals surface area (Å²) in [6.07, 6.45) is -0.814. The maximum atomic E-state index is 12.3. The van der Waals surface area contributed by atoms with Crippen LogP contribution in [-0.2, 0) is 9.59 Å². The first-order valence-corrected chi connectivity index (χ1v) is 6.61. The lowest BCUT2D eigenvalue weighted by molar-refractivity contribution is -0.144. The van der Waals surface area contributed by atoms with Gasteiger partial charge in [-0.3, -0.25) is 19.4 Å². The molecule has 22 heavy (non-hydrogen) atoms. The minimum Gasteiger partial charge on any atom is -0.481 e. The van der Waals surface area contributed by atoms with Crippen molar-refractivity contribution in [2.24, 2.45) is 4.99 Å². The number of carbonyl (C=O) groups excluding carboxylic acids is 2. The van der Waals surface area contributed by atoms with E-state index in [1.807, 2.05) is 0 Å². The zero-order valence-electron chi connectivity index (χ0n) is 11.0. The fourth-order valence-electron chi connectivity index (χ4n) is 2.06. The number of carbonyl (C=O) groups is 4. The van der Waals surface area contributed by atoms with Crippen molar-refractivity contribution >= 4 is 40.8 Å². The van der Waals surface area contributed by atoms with Gasteiger partial charge in [0.05, 0.1) is 6.42 Å². The number of fused-ring (bicyclic) bond motifs is 1. The number of halogens is 1. The van der Waals surface area contributed by atoms with Crippen LogP contribution >= 0.6 is 11.6 Å². The Kier molecular flexibility index (Phi) is 4.37. The molecule has 8 heteroatoms. The van der Waals surface area contributed by atoms with E-state index in [9.17, 15) is 19.2 Å². The molecule has 2 atom stereocenters. The first-order valence-electron chi connectivity index (χ1n) is 6.17. The maximum absolute atomic E-state index is 12.3. The summed E-state index contributed by atoms with van der Waals surface area (Å²) in [7, 11) is 0. The molecule has 2 N–H and O–H groups in total. The van der Waals surface area contributed by atoms with Crippen LogP contribution in [0.2, 0.25) is 0 Å². The first-order chi connectivity index (χ1) is 10.3. The Morgan fingerprint density at radius 1 is 1.18 bits per heavy atom. The molecular weight excluding hydrogens is 314 g/mol. The van der Waals surface area contributed by atoms with E-state index >= 15 is 0 Å². The second-order valence-corrected chi connectivity index (χ2v) is 5.00. The topological polar surface area (TPSA) is 121 Å². The number of hydrogen-bond donors (Lipinski definition) is 2. The highest BCUT2D eigenvalue weighted by Crippen LogP contribution is 2.24. The molecule has 0 saturated heterocycles.